The van der Waals surface area contributed by atoms with Gasteiger partial charge in [0.2, 0.25) is 17.7 Å². The average Bonchev–Trinajstić information content (AvgIpc) is 3.84. The smallest absolute Gasteiger partial charge is 0.317 e. The molecule has 6 N–H and O–H groups in total. The summed E-state index contributed by atoms with van der Waals surface area (Å²) in [5.41, 5.74) is 2.80. The standard InChI is InChI=1S/C58H68F2N10O13/c59-58(60)29-47(30-61)70(39-58)53(73)32-64-57(80)49-3-1-2-42-6-7-43(28-50(42)49)41-8-10-48(11-9-41)83-37-46(27-40-4-5-45-31-62-13-12-44(45)26-40)65-52(72)38-82-25-24-81-23-14-63-51(71)33-66-15-17-67(34-54(74)75)19-21-69(36-56(78)79)22-20-68(18-16-66)35-55(76)77/h1-13,26,28,31,46-47H,14-25,27,29,32-39H2,(H,63,71)(H,64,80)(H,65,72)(H,74,75)(H,76,77)(H,78,79)/t46-,47+/m1/s1. The number of hydrogen-bond acceptors (Lipinski definition) is 16. The number of nitriles is 1. The summed E-state index contributed by atoms with van der Waals surface area (Å²) in [6.07, 6.45) is 3.14. The van der Waals surface area contributed by atoms with E-state index in [1.165, 1.54) is 0 Å². The number of carbonyl (C=O) groups excluding carboxylic acids is 4. The van der Waals surface area contributed by atoms with Gasteiger partial charge in [-0.3, -0.25) is 58.1 Å². The van der Waals surface area contributed by atoms with E-state index in [2.05, 4.69) is 20.9 Å². The van der Waals surface area contributed by atoms with Crippen LogP contribution in [0, 0.1) is 11.3 Å². The fourth-order valence-corrected chi connectivity index (χ4v) is 9.79. The molecular weight excluding hydrogens is 1080 g/mol. The number of fused-ring (bicyclic) bond motifs is 2. The number of halogens is 2. The average molecular weight is 1150 g/mol. The van der Waals surface area contributed by atoms with Gasteiger partial charge in [0.15, 0.2) is 0 Å². The van der Waals surface area contributed by atoms with Gasteiger partial charge in [0.25, 0.3) is 11.8 Å². The highest BCUT2D eigenvalue weighted by Crippen LogP contribution is 2.32. The molecule has 0 bridgehead atoms. The fourth-order valence-electron chi connectivity index (χ4n) is 9.79. The van der Waals surface area contributed by atoms with Gasteiger partial charge >= 0.3 is 17.9 Å². The van der Waals surface area contributed by atoms with Crippen LogP contribution in [-0.4, -0.2) is 236 Å². The molecule has 2 atom stereocenters. The Hall–Kier alpha value is -8.25. The van der Waals surface area contributed by atoms with Crippen LogP contribution in [0.2, 0.25) is 0 Å². The Morgan fingerprint density at radius 1 is 0.687 bits per heavy atom. The molecule has 2 aliphatic rings. The molecule has 3 heterocycles. The maximum atomic E-state index is 14.0. The number of carboxylic acids is 3. The maximum absolute atomic E-state index is 14.0. The van der Waals surface area contributed by atoms with Crippen LogP contribution in [0.25, 0.3) is 32.7 Å². The van der Waals surface area contributed by atoms with Crippen LogP contribution in [0.3, 0.4) is 0 Å². The molecule has 2 saturated heterocycles. The first-order chi connectivity index (χ1) is 39.9. The van der Waals surface area contributed by atoms with E-state index in [-0.39, 0.29) is 122 Å². The van der Waals surface area contributed by atoms with E-state index < -0.39 is 67.2 Å². The lowest BCUT2D eigenvalue weighted by Crippen LogP contribution is -2.50. The Morgan fingerprint density at radius 3 is 1.94 bits per heavy atom. The van der Waals surface area contributed by atoms with Crippen molar-refractivity contribution in [2.75, 3.05) is 131 Å². The summed E-state index contributed by atoms with van der Waals surface area (Å²) in [4.78, 5) is 99.1. The number of aliphatic carboxylic acids is 3. The fraction of sp³-hybridized carbons (Fsp3) is 0.431. The number of hydrogen-bond donors (Lipinski definition) is 6. The minimum atomic E-state index is -3.18. The largest absolute Gasteiger partial charge is 0.491 e. The number of aromatic nitrogens is 1. The summed E-state index contributed by atoms with van der Waals surface area (Å²) in [6.45, 7) is 0.220. The van der Waals surface area contributed by atoms with Crippen molar-refractivity contribution < 1.29 is 71.9 Å². The molecule has 0 radical (unpaired) electrons. The molecule has 1 aromatic heterocycles. The number of carboxylic acid groups (broad SMARTS) is 3. The number of ether oxygens (including phenoxy) is 3. The number of pyridine rings is 1. The highest BCUT2D eigenvalue weighted by Gasteiger charge is 2.47. The second kappa shape index (κ2) is 30.7. The summed E-state index contributed by atoms with van der Waals surface area (Å²) in [6, 6.07) is 25.8. The maximum Gasteiger partial charge on any atom is 0.317 e. The highest BCUT2D eigenvalue weighted by atomic mass is 19.3. The zero-order valence-electron chi connectivity index (χ0n) is 45.8. The van der Waals surface area contributed by atoms with E-state index in [1.807, 2.05) is 65.6 Å². The number of amides is 4. The van der Waals surface area contributed by atoms with Crippen LogP contribution in [0.1, 0.15) is 22.3 Å². The normalized spacial score (nSPS) is 16.9. The number of carbonyl (C=O) groups is 7. The van der Waals surface area contributed by atoms with Crippen LogP contribution in [-0.2, 0) is 44.7 Å². The Morgan fingerprint density at radius 2 is 1.30 bits per heavy atom. The van der Waals surface area contributed by atoms with Gasteiger partial charge in [-0.15, -0.1) is 0 Å². The van der Waals surface area contributed by atoms with Crippen molar-refractivity contribution in [2.45, 2.75) is 30.8 Å². The third-order valence-corrected chi connectivity index (χ3v) is 14.0. The van der Waals surface area contributed by atoms with Crippen molar-refractivity contribution in [2.24, 2.45) is 0 Å². The van der Waals surface area contributed by atoms with Crippen LogP contribution in [0.5, 0.6) is 5.75 Å². The molecule has 0 saturated carbocycles. The van der Waals surface area contributed by atoms with E-state index in [9.17, 15) is 62.9 Å². The van der Waals surface area contributed by atoms with E-state index >= 15 is 0 Å². The van der Waals surface area contributed by atoms with Crippen LogP contribution >= 0.6 is 0 Å². The number of nitrogens with zero attached hydrogens (tertiary/aromatic N) is 7. The zero-order chi connectivity index (χ0) is 59.3. The lowest BCUT2D eigenvalue weighted by molar-refractivity contribution is -0.140. The Bertz CT molecular complexity index is 3080. The predicted octanol–water partition coefficient (Wildman–Crippen LogP) is 2.28. The third-order valence-electron chi connectivity index (χ3n) is 14.0. The number of rotatable bonds is 26. The predicted molar refractivity (Wildman–Crippen MR) is 299 cm³/mol. The topological polar surface area (TPSA) is 297 Å². The molecule has 23 nitrogen and oxygen atoms in total. The molecule has 7 rings (SSSR count). The first-order valence-electron chi connectivity index (χ1n) is 27.1. The highest BCUT2D eigenvalue weighted by molar-refractivity contribution is 6.08. The Kier molecular flexibility index (Phi) is 23.1. The monoisotopic (exact) mass is 1150 g/mol. The van der Waals surface area contributed by atoms with E-state index in [1.54, 1.807) is 57.4 Å². The summed E-state index contributed by atoms with van der Waals surface area (Å²) >= 11 is 0. The molecule has 5 aromatic rings. The van der Waals surface area contributed by atoms with Crippen molar-refractivity contribution >= 4 is 63.1 Å². The quantitative estimate of drug-likeness (QED) is 0.0433. The number of alkyl halides is 2. The Labute approximate surface area is 477 Å². The minimum absolute atomic E-state index is 0.0428. The molecule has 25 heteroatoms. The molecular formula is C58H68F2N10O13. The first kappa shape index (κ1) is 62.4. The molecule has 2 aliphatic heterocycles. The van der Waals surface area contributed by atoms with Crippen molar-refractivity contribution in [3.8, 4) is 22.9 Å². The molecule has 0 unspecified atom stereocenters. The minimum Gasteiger partial charge on any atom is -0.491 e. The SMILES string of the molecule is N#C[C@@H]1CC(F)(F)CN1C(=O)CNC(=O)c1cccc2ccc(-c3ccc(OC[C@@H](Cc4ccc5cnccc5c4)NC(=O)COCCOCCNC(=O)CN4CCN(CC(=O)O)CCN(CC(=O)O)CCN(CC(=O)O)CC4)cc3)cc12. The summed E-state index contributed by atoms with van der Waals surface area (Å²) in [5, 5.41) is 49.4. The van der Waals surface area contributed by atoms with Gasteiger partial charge in [0.1, 0.15) is 25.0 Å². The van der Waals surface area contributed by atoms with Crippen molar-refractivity contribution in [1.29, 1.82) is 5.26 Å². The second-order valence-corrected chi connectivity index (χ2v) is 20.3. The zero-order valence-corrected chi connectivity index (χ0v) is 45.8. The van der Waals surface area contributed by atoms with E-state index in [0.29, 0.717) is 30.6 Å². The third kappa shape index (κ3) is 20.0. The Balaban J connectivity index is 0.872. The van der Waals surface area contributed by atoms with E-state index in [0.717, 1.165) is 37.7 Å². The second-order valence-electron chi connectivity index (χ2n) is 20.3. The van der Waals surface area contributed by atoms with Crippen molar-refractivity contribution in [1.82, 2.24) is 45.4 Å². The summed E-state index contributed by atoms with van der Waals surface area (Å²) in [7, 11) is 0. The number of nitrogens with one attached hydrogen (secondary N) is 3. The van der Waals surface area contributed by atoms with Gasteiger partial charge in [0, 0.05) is 88.7 Å². The molecule has 0 spiro atoms. The molecule has 83 heavy (non-hydrogen) atoms. The lowest BCUT2D eigenvalue weighted by atomic mass is 9.98. The van der Waals surface area contributed by atoms with Crippen molar-refractivity contribution in [3.05, 3.63) is 108 Å². The van der Waals surface area contributed by atoms with Gasteiger partial charge < -0.3 is 50.4 Å². The summed E-state index contributed by atoms with van der Waals surface area (Å²) in [5.74, 6) is -7.86. The van der Waals surface area contributed by atoms with Crippen molar-refractivity contribution in [3.63, 3.8) is 0 Å². The van der Waals surface area contributed by atoms with Gasteiger partial charge in [0.05, 0.1) is 71.2 Å². The molecule has 2 fully saturated rings. The molecule has 442 valence electrons. The number of likely N-dealkylation sites (tertiary alicyclic amines) is 1. The van der Waals surface area contributed by atoms with Crippen LogP contribution in [0.4, 0.5) is 8.78 Å². The lowest BCUT2D eigenvalue weighted by Gasteiger charge is -2.32. The van der Waals surface area contributed by atoms with Crippen LogP contribution < -0.4 is 20.7 Å². The molecule has 0 aliphatic carbocycles. The van der Waals surface area contributed by atoms with Gasteiger partial charge in [-0.2, -0.15) is 5.26 Å². The van der Waals surface area contributed by atoms with Gasteiger partial charge in [-0.05, 0) is 69.6 Å². The molecule has 4 amide bonds. The first-order valence-corrected chi connectivity index (χ1v) is 27.1. The van der Waals surface area contributed by atoms with Crippen LogP contribution in [0.15, 0.2) is 97.3 Å². The summed E-state index contributed by atoms with van der Waals surface area (Å²) < 4.78 is 45.5. The van der Waals surface area contributed by atoms with Gasteiger partial charge in [-0.1, -0.05) is 54.6 Å². The van der Waals surface area contributed by atoms with E-state index in [4.69, 9.17) is 14.2 Å². The number of benzene rings is 4. The molecule has 4 aromatic carbocycles. The van der Waals surface area contributed by atoms with Gasteiger partial charge in [-0.25, -0.2) is 8.78 Å².